The van der Waals surface area contributed by atoms with Crippen molar-refractivity contribution in [3.05, 3.63) is 24.0 Å². The van der Waals surface area contributed by atoms with E-state index in [0.29, 0.717) is 11.4 Å². The van der Waals surface area contributed by atoms with Gasteiger partial charge >= 0.3 is 0 Å². The van der Waals surface area contributed by atoms with Crippen LogP contribution < -0.4 is 15.8 Å². The lowest BCUT2D eigenvalue weighted by Gasteiger charge is -2.23. The zero-order chi connectivity index (χ0) is 13.0. The van der Waals surface area contributed by atoms with E-state index in [9.17, 15) is 4.39 Å². The zero-order valence-corrected chi connectivity index (χ0v) is 10.9. The summed E-state index contributed by atoms with van der Waals surface area (Å²) in [5.74, 6) is -0.0859. The lowest BCUT2D eigenvalue weighted by atomic mass is 9.98. The van der Waals surface area contributed by atoms with Crippen molar-refractivity contribution in [1.82, 2.24) is 0 Å². The molecule has 0 saturated heterocycles. The summed E-state index contributed by atoms with van der Waals surface area (Å²) in [6.45, 7) is 0. The maximum absolute atomic E-state index is 13.8. The van der Waals surface area contributed by atoms with E-state index in [4.69, 9.17) is 22.7 Å². The minimum absolute atomic E-state index is 0.121. The fraction of sp³-hybridized carbons (Fsp3) is 0.462. The van der Waals surface area contributed by atoms with E-state index in [-0.39, 0.29) is 17.0 Å². The molecule has 1 saturated carbocycles. The van der Waals surface area contributed by atoms with E-state index in [0.717, 1.165) is 25.7 Å². The van der Waals surface area contributed by atoms with Gasteiger partial charge in [0.25, 0.3) is 0 Å². The van der Waals surface area contributed by atoms with E-state index in [1.807, 2.05) is 0 Å². The van der Waals surface area contributed by atoms with Gasteiger partial charge in [-0.15, -0.1) is 0 Å². The second-order valence-electron chi connectivity index (χ2n) is 4.51. The summed E-state index contributed by atoms with van der Waals surface area (Å²) >= 11 is 4.70. The second kappa shape index (κ2) is 6.00. The number of ether oxygens (including phenoxy) is 1. The van der Waals surface area contributed by atoms with Crippen molar-refractivity contribution in [1.29, 1.82) is 0 Å². The number of nitrogens with two attached hydrogens (primary N) is 1. The maximum atomic E-state index is 13.8. The van der Waals surface area contributed by atoms with Crippen LogP contribution in [0, 0.1) is 5.82 Å². The Labute approximate surface area is 112 Å². The molecule has 0 atom stereocenters. The molecule has 0 unspecified atom stereocenters. The molecule has 0 aromatic heterocycles. The fourth-order valence-corrected chi connectivity index (χ4v) is 2.30. The van der Waals surface area contributed by atoms with Gasteiger partial charge in [0.1, 0.15) is 0 Å². The number of rotatable bonds is 3. The molecule has 5 heteroatoms. The highest BCUT2D eigenvalue weighted by atomic mass is 32.1. The summed E-state index contributed by atoms with van der Waals surface area (Å²) in [5.41, 5.74) is 5.87. The summed E-state index contributed by atoms with van der Waals surface area (Å²) in [4.78, 5) is 0. The number of nitrogens with one attached hydrogen (secondary N) is 1. The molecular formula is C13H17FN2OS. The van der Waals surface area contributed by atoms with Gasteiger partial charge in [-0.25, -0.2) is 4.39 Å². The molecule has 18 heavy (non-hydrogen) atoms. The molecule has 1 aliphatic carbocycles. The summed E-state index contributed by atoms with van der Waals surface area (Å²) in [7, 11) is 0. The highest BCUT2D eigenvalue weighted by Gasteiger charge is 2.16. The molecule has 0 radical (unpaired) electrons. The molecule has 0 aliphatic heterocycles. The van der Waals surface area contributed by atoms with Crippen LogP contribution in [0.5, 0.6) is 5.75 Å². The monoisotopic (exact) mass is 268 g/mol. The lowest BCUT2D eigenvalue weighted by molar-refractivity contribution is 0.149. The van der Waals surface area contributed by atoms with Gasteiger partial charge < -0.3 is 15.8 Å². The van der Waals surface area contributed by atoms with Crippen LogP contribution in [-0.2, 0) is 0 Å². The quantitative estimate of drug-likeness (QED) is 0.826. The molecule has 0 spiro atoms. The van der Waals surface area contributed by atoms with Crippen molar-refractivity contribution in [3.8, 4) is 5.75 Å². The Kier molecular flexibility index (Phi) is 4.36. The van der Waals surface area contributed by atoms with E-state index >= 15 is 0 Å². The Balaban J connectivity index is 2.02. The first kappa shape index (κ1) is 13.1. The number of hydrogen-bond acceptors (Lipinski definition) is 2. The van der Waals surface area contributed by atoms with Gasteiger partial charge in [-0.05, 0) is 50.0 Å². The molecule has 0 bridgehead atoms. The van der Waals surface area contributed by atoms with Gasteiger partial charge in [0.15, 0.2) is 16.7 Å². The average molecular weight is 268 g/mol. The molecule has 2 rings (SSSR count). The van der Waals surface area contributed by atoms with Crippen LogP contribution >= 0.6 is 12.2 Å². The predicted molar refractivity (Wildman–Crippen MR) is 74.3 cm³/mol. The van der Waals surface area contributed by atoms with Crippen LogP contribution in [0.3, 0.4) is 0 Å². The summed E-state index contributed by atoms with van der Waals surface area (Å²) in [5, 5.41) is 2.81. The van der Waals surface area contributed by atoms with Crippen molar-refractivity contribution in [3.63, 3.8) is 0 Å². The molecule has 1 aromatic carbocycles. The summed E-state index contributed by atoms with van der Waals surface area (Å²) < 4.78 is 19.5. The van der Waals surface area contributed by atoms with Gasteiger partial charge in [-0.1, -0.05) is 6.42 Å². The van der Waals surface area contributed by atoms with E-state index < -0.39 is 0 Å². The molecule has 1 aromatic rings. The number of halogens is 1. The predicted octanol–water partition coefficient (Wildman–Crippen LogP) is 3.19. The van der Waals surface area contributed by atoms with Crippen LogP contribution in [0.1, 0.15) is 32.1 Å². The van der Waals surface area contributed by atoms with Gasteiger partial charge in [-0.2, -0.15) is 0 Å². The van der Waals surface area contributed by atoms with Gasteiger partial charge in [0, 0.05) is 11.8 Å². The normalized spacial score (nSPS) is 16.3. The minimum Gasteiger partial charge on any atom is -0.487 e. The van der Waals surface area contributed by atoms with E-state index in [1.165, 1.54) is 12.5 Å². The van der Waals surface area contributed by atoms with Crippen LogP contribution in [0.4, 0.5) is 10.1 Å². The Bertz CT molecular complexity index is 433. The third-order valence-corrected chi connectivity index (χ3v) is 3.15. The minimum atomic E-state index is -0.387. The molecule has 3 nitrogen and oxygen atoms in total. The number of anilines is 1. The second-order valence-corrected chi connectivity index (χ2v) is 4.95. The van der Waals surface area contributed by atoms with Crippen LogP contribution in [-0.4, -0.2) is 11.2 Å². The molecule has 0 amide bonds. The largest absolute Gasteiger partial charge is 0.487 e. The smallest absolute Gasteiger partial charge is 0.168 e. The van der Waals surface area contributed by atoms with Crippen molar-refractivity contribution in [2.75, 3.05) is 5.32 Å². The Morgan fingerprint density at radius 1 is 1.33 bits per heavy atom. The molecule has 1 fully saturated rings. The number of benzene rings is 1. The number of hydrogen-bond donors (Lipinski definition) is 2. The van der Waals surface area contributed by atoms with E-state index in [2.05, 4.69) is 5.32 Å². The summed E-state index contributed by atoms with van der Waals surface area (Å²) in [6, 6.07) is 4.67. The number of thiocarbonyl (C=S) groups is 1. The Morgan fingerprint density at radius 2 is 2.06 bits per heavy atom. The highest BCUT2D eigenvalue weighted by molar-refractivity contribution is 7.80. The van der Waals surface area contributed by atoms with Crippen LogP contribution in [0.2, 0.25) is 0 Å². The Morgan fingerprint density at radius 3 is 2.67 bits per heavy atom. The first-order valence-electron chi connectivity index (χ1n) is 6.18. The van der Waals surface area contributed by atoms with Crippen molar-refractivity contribution < 1.29 is 9.13 Å². The van der Waals surface area contributed by atoms with E-state index in [1.54, 1.807) is 12.1 Å². The van der Waals surface area contributed by atoms with Gasteiger partial charge in [-0.3, -0.25) is 0 Å². The average Bonchev–Trinajstić information content (AvgIpc) is 2.33. The standard InChI is InChI=1S/C13H17FN2OS/c14-11-8-9(16-13(15)18)6-7-12(11)17-10-4-2-1-3-5-10/h6-8,10H,1-5H2,(H3,15,16,18). The zero-order valence-electron chi connectivity index (χ0n) is 10.1. The first-order chi connectivity index (χ1) is 8.65. The molecule has 1 aliphatic rings. The van der Waals surface area contributed by atoms with Gasteiger partial charge in [0.2, 0.25) is 0 Å². The molecule has 3 N–H and O–H groups in total. The SMILES string of the molecule is NC(=S)Nc1ccc(OC2CCCCC2)c(F)c1. The van der Waals surface area contributed by atoms with Crippen molar-refractivity contribution in [2.45, 2.75) is 38.2 Å². The third-order valence-electron chi connectivity index (χ3n) is 3.05. The lowest BCUT2D eigenvalue weighted by Crippen LogP contribution is -2.21. The van der Waals surface area contributed by atoms with Crippen LogP contribution in [0.15, 0.2) is 18.2 Å². The first-order valence-corrected chi connectivity index (χ1v) is 6.58. The summed E-state index contributed by atoms with van der Waals surface area (Å²) in [6.07, 6.45) is 5.72. The van der Waals surface area contributed by atoms with Crippen LogP contribution in [0.25, 0.3) is 0 Å². The Hall–Kier alpha value is -1.36. The third kappa shape index (κ3) is 3.57. The molecule has 98 valence electrons. The van der Waals surface area contributed by atoms with Crippen molar-refractivity contribution in [2.24, 2.45) is 5.73 Å². The molecule has 0 heterocycles. The fourth-order valence-electron chi connectivity index (χ4n) is 2.18. The topological polar surface area (TPSA) is 47.3 Å². The van der Waals surface area contributed by atoms with Crippen molar-refractivity contribution >= 4 is 23.0 Å². The molecular weight excluding hydrogens is 251 g/mol. The maximum Gasteiger partial charge on any atom is 0.168 e. The highest BCUT2D eigenvalue weighted by Crippen LogP contribution is 2.26. The van der Waals surface area contributed by atoms with Gasteiger partial charge in [0.05, 0.1) is 6.10 Å².